The fourth-order valence-electron chi connectivity index (χ4n) is 3.04. The van der Waals surface area contributed by atoms with Gasteiger partial charge in [0.15, 0.2) is 0 Å². The molecule has 0 heterocycles. The van der Waals surface area contributed by atoms with Gasteiger partial charge in [-0.2, -0.15) is 0 Å². The van der Waals surface area contributed by atoms with Crippen molar-refractivity contribution < 1.29 is 27.5 Å². The largest absolute Gasteiger partial charge is 0.495 e. The van der Waals surface area contributed by atoms with Crippen LogP contribution in [0.5, 0.6) is 5.75 Å². The maximum atomic E-state index is 13.3. The number of carbonyl (C=O) groups excluding carboxylic acids is 2. The molecular formula is C23H30N2O6S. The number of methoxy groups -OCH3 is 2. The minimum Gasteiger partial charge on any atom is -0.495 e. The van der Waals surface area contributed by atoms with Crippen LogP contribution in [0.4, 0.5) is 0 Å². The van der Waals surface area contributed by atoms with Crippen molar-refractivity contribution in [3.63, 3.8) is 0 Å². The van der Waals surface area contributed by atoms with Crippen LogP contribution in [-0.4, -0.2) is 51.5 Å². The number of sulfonamides is 1. The van der Waals surface area contributed by atoms with E-state index in [0.717, 1.165) is 5.56 Å². The van der Waals surface area contributed by atoms with Crippen LogP contribution in [0.3, 0.4) is 0 Å². The molecule has 174 valence electrons. The Kier molecular flexibility index (Phi) is 8.40. The van der Waals surface area contributed by atoms with Gasteiger partial charge in [0.05, 0.1) is 20.6 Å². The highest BCUT2D eigenvalue weighted by Crippen LogP contribution is 2.27. The number of rotatable bonds is 9. The van der Waals surface area contributed by atoms with Crippen molar-refractivity contribution >= 4 is 21.9 Å². The molecule has 0 radical (unpaired) electrons. The van der Waals surface area contributed by atoms with Crippen molar-refractivity contribution in [2.45, 2.75) is 44.2 Å². The minimum absolute atomic E-state index is 0.0158. The number of carbonyl (C=O) groups is 2. The topological polar surface area (TPSA) is 102 Å². The standard InChI is InChI=1S/C23H30N2O6S/c1-23(2,3)24-32(28,29)20-15-18(11-12-19(20)30-4)22(27)25(14-13-21(26)31-5)16-17-9-7-6-8-10-17/h6-12,15,24H,13-14,16H2,1-5H3. The average molecular weight is 463 g/mol. The smallest absolute Gasteiger partial charge is 0.307 e. The van der Waals surface area contributed by atoms with Gasteiger partial charge in [0.1, 0.15) is 10.6 Å². The molecule has 2 aromatic rings. The van der Waals surface area contributed by atoms with E-state index >= 15 is 0 Å². The van der Waals surface area contributed by atoms with Gasteiger partial charge in [-0.05, 0) is 44.5 Å². The zero-order valence-electron chi connectivity index (χ0n) is 19.0. The summed E-state index contributed by atoms with van der Waals surface area (Å²) in [6, 6.07) is 13.6. The first-order chi connectivity index (χ1) is 15.0. The maximum Gasteiger partial charge on any atom is 0.307 e. The van der Waals surface area contributed by atoms with Gasteiger partial charge in [-0.1, -0.05) is 30.3 Å². The molecule has 0 spiro atoms. The normalized spacial score (nSPS) is 11.7. The predicted octanol–water partition coefficient (Wildman–Crippen LogP) is 2.98. The summed E-state index contributed by atoms with van der Waals surface area (Å²) in [5.41, 5.74) is 0.325. The van der Waals surface area contributed by atoms with Crippen molar-refractivity contribution in [3.05, 3.63) is 59.7 Å². The van der Waals surface area contributed by atoms with E-state index in [9.17, 15) is 18.0 Å². The summed E-state index contributed by atoms with van der Waals surface area (Å²) in [5.74, 6) is -0.724. The van der Waals surface area contributed by atoms with E-state index in [1.54, 1.807) is 20.8 Å². The molecule has 0 aromatic heterocycles. The molecule has 2 aromatic carbocycles. The van der Waals surface area contributed by atoms with Gasteiger partial charge in [0.2, 0.25) is 10.0 Å². The van der Waals surface area contributed by atoms with E-state index in [0.29, 0.717) is 0 Å². The number of ether oxygens (including phenoxy) is 2. The third-order valence-electron chi connectivity index (χ3n) is 4.46. The number of nitrogens with one attached hydrogen (secondary N) is 1. The zero-order chi connectivity index (χ0) is 23.9. The Morgan fingerprint density at radius 2 is 1.69 bits per heavy atom. The Labute approximate surface area is 189 Å². The van der Waals surface area contributed by atoms with E-state index in [4.69, 9.17) is 9.47 Å². The molecule has 1 N–H and O–H groups in total. The number of hydrogen-bond donors (Lipinski definition) is 1. The van der Waals surface area contributed by atoms with Crippen LogP contribution in [0.25, 0.3) is 0 Å². The molecule has 32 heavy (non-hydrogen) atoms. The highest BCUT2D eigenvalue weighted by atomic mass is 32.2. The molecule has 0 aliphatic carbocycles. The van der Waals surface area contributed by atoms with Gasteiger partial charge in [-0.15, -0.1) is 0 Å². The number of amides is 1. The van der Waals surface area contributed by atoms with E-state index in [1.807, 2.05) is 30.3 Å². The Balaban J connectivity index is 2.42. The van der Waals surface area contributed by atoms with Gasteiger partial charge in [0, 0.05) is 24.2 Å². The monoisotopic (exact) mass is 462 g/mol. The molecular weight excluding hydrogens is 432 g/mol. The SMILES string of the molecule is COC(=O)CCN(Cc1ccccc1)C(=O)c1ccc(OC)c(S(=O)(=O)NC(C)(C)C)c1. The molecule has 0 aliphatic heterocycles. The predicted molar refractivity (Wildman–Crippen MR) is 121 cm³/mol. The molecule has 0 aliphatic rings. The number of nitrogens with zero attached hydrogens (tertiary/aromatic N) is 1. The average Bonchev–Trinajstić information content (AvgIpc) is 2.74. The number of hydrogen-bond acceptors (Lipinski definition) is 6. The summed E-state index contributed by atoms with van der Waals surface area (Å²) < 4.78 is 38.4. The second-order valence-corrected chi connectivity index (χ2v) is 9.91. The van der Waals surface area contributed by atoms with Gasteiger partial charge >= 0.3 is 5.97 Å². The molecule has 9 heteroatoms. The molecule has 0 fully saturated rings. The maximum absolute atomic E-state index is 13.3. The summed E-state index contributed by atoms with van der Waals surface area (Å²) in [6.07, 6.45) is 0.0158. The highest BCUT2D eigenvalue weighted by molar-refractivity contribution is 7.89. The zero-order valence-corrected chi connectivity index (χ0v) is 19.9. The van der Waals surface area contributed by atoms with Crippen molar-refractivity contribution in [2.75, 3.05) is 20.8 Å². The van der Waals surface area contributed by atoms with E-state index < -0.39 is 27.4 Å². The number of esters is 1. The molecule has 8 nitrogen and oxygen atoms in total. The second kappa shape index (κ2) is 10.6. The summed E-state index contributed by atoms with van der Waals surface area (Å²) in [6.45, 7) is 5.54. The van der Waals surface area contributed by atoms with Crippen LogP contribution in [-0.2, 0) is 26.1 Å². The molecule has 1 amide bonds. The van der Waals surface area contributed by atoms with Crippen LogP contribution in [0.2, 0.25) is 0 Å². The van der Waals surface area contributed by atoms with E-state index in [1.165, 1.54) is 37.3 Å². The molecule has 0 saturated carbocycles. The lowest BCUT2D eigenvalue weighted by atomic mass is 10.1. The Bertz CT molecular complexity index is 1050. The summed E-state index contributed by atoms with van der Waals surface area (Å²) in [7, 11) is -1.30. The Morgan fingerprint density at radius 3 is 2.25 bits per heavy atom. The van der Waals surface area contributed by atoms with Gasteiger partial charge in [-0.25, -0.2) is 13.1 Å². The summed E-state index contributed by atoms with van der Waals surface area (Å²) in [5, 5.41) is 0. The van der Waals surface area contributed by atoms with Gasteiger partial charge in [0.25, 0.3) is 5.91 Å². The molecule has 0 unspecified atom stereocenters. The Hall–Kier alpha value is -2.91. The molecule has 0 bridgehead atoms. The fraction of sp³-hybridized carbons (Fsp3) is 0.391. The van der Waals surface area contributed by atoms with Crippen molar-refractivity contribution in [1.29, 1.82) is 0 Å². The van der Waals surface area contributed by atoms with Gasteiger partial charge in [-0.3, -0.25) is 9.59 Å². The van der Waals surface area contributed by atoms with Crippen LogP contribution < -0.4 is 9.46 Å². The minimum atomic E-state index is -3.95. The van der Waals surface area contributed by atoms with Crippen molar-refractivity contribution in [2.24, 2.45) is 0 Å². The quantitative estimate of drug-likeness (QED) is 0.575. The van der Waals surface area contributed by atoms with Crippen molar-refractivity contribution in [3.8, 4) is 5.75 Å². The van der Waals surface area contributed by atoms with Crippen molar-refractivity contribution in [1.82, 2.24) is 9.62 Å². The summed E-state index contributed by atoms with van der Waals surface area (Å²) in [4.78, 5) is 26.4. The number of benzene rings is 2. The van der Waals surface area contributed by atoms with Gasteiger partial charge < -0.3 is 14.4 Å². The van der Waals surface area contributed by atoms with Crippen LogP contribution in [0.1, 0.15) is 43.1 Å². The third-order valence-corrected chi connectivity index (χ3v) is 6.24. The summed E-state index contributed by atoms with van der Waals surface area (Å²) >= 11 is 0. The highest BCUT2D eigenvalue weighted by Gasteiger charge is 2.27. The first-order valence-corrected chi connectivity index (χ1v) is 11.6. The van der Waals surface area contributed by atoms with E-state index in [-0.39, 0.29) is 35.7 Å². The molecule has 0 saturated heterocycles. The van der Waals surface area contributed by atoms with E-state index in [2.05, 4.69) is 4.72 Å². The lowest BCUT2D eigenvalue weighted by Crippen LogP contribution is -2.40. The van der Waals surface area contributed by atoms with Crippen LogP contribution in [0.15, 0.2) is 53.4 Å². The van der Waals surface area contributed by atoms with Crippen LogP contribution >= 0.6 is 0 Å². The molecule has 0 atom stereocenters. The lowest BCUT2D eigenvalue weighted by Gasteiger charge is -2.24. The third kappa shape index (κ3) is 7.06. The van der Waals surface area contributed by atoms with Crippen LogP contribution in [0, 0.1) is 0 Å². The fourth-order valence-corrected chi connectivity index (χ4v) is 4.66. The first kappa shape index (κ1) is 25.4. The lowest BCUT2D eigenvalue weighted by molar-refractivity contribution is -0.140. The molecule has 2 rings (SSSR count). The second-order valence-electron chi connectivity index (χ2n) is 8.26. The first-order valence-electron chi connectivity index (χ1n) is 10.1. The Morgan fingerprint density at radius 1 is 1.03 bits per heavy atom.